The van der Waals surface area contributed by atoms with Gasteiger partial charge in [0, 0.05) is 23.1 Å². The lowest BCUT2D eigenvalue weighted by atomic mass is 9.81. The van der Waals surface area contributed by atoms with Crippen molar-refractivity contribution in [2.45, 2.75) is 33.5 Å². The van der Waals surface area contributed by atoms with Gasteiger partial charge >= 0.3 is 5.97 Å². The van der Waals surface area contributed by atoms with Gasteiger partial charge in [0.15, 0.2) is 5.78 Å². The molecule has 0 saturated heterocycles. The highest BCUT2D eigenvalue weighted by atomic mass is 16.7. The van der Waals surface area contributed by atoms with Crippen LogP contribution in [0.1, 0.15) is 27.2 Å². The summed E-state index contributed by atoms with van der Waals surface area (Å²) in [6.07, 6.45) is 4.90. The van der Waals surface area contributed by atoms with E-state index in [0.29, 0.717) is 16.7 Å². The average molecular weight is 274 g/mol. The number of esters is 1. The standard InChI is InChI=1S/C16H18O4/c1-9(2)12-6-5-10(3)15(17)13(12)8-19-14-7-11(4)16(18)20-14/h5,7-8,12,14H,1,6H2,2-4H3/b13-8+/t12-,14?/m0/s1. The van der Waals surface area contributed by atoms with Gasteiger partial charge in [0.25, 0.3) is 6.29 Å². The van der Waals surface area contributed by atoms with Crippen LogP contribution in [0.3, 0.4) is 0 Å². The van der Waals surface area contributed by atoms with Crippen LogP contribution in [0.2, 0.25) is 0 Å². The third-order valence-corrected chi connectivity index (χ3v) is 3.51. The quantitative estimate of drug-likeness (QED) is 0.344. The zero-order chi connectivity index (χ0) is 14.9. The molecule has 1 unspecified atom stereocenters. The number of rotatable bonds is 3. The average Bonchev–Trinajstić information content (AvgIpc) is 2.70. The molecule has 4 nitrogen and oxygen atoms in total. The van der Waals surface area contributed by atoms with E-state index in [2.05, 4.69) is 6.58 Å². The van der Waals surface area contributed by atoms with E-state index >= 15 is 0 Å². The van der Waals surface area contributed by atoms with E-state index in [-0.39, 0.29) is 11.7 Å². The third-order valence-electron chi connectivity index (χ3n) is 3.51. The lowest BCUT2D eigenvalue weighted by Crippen LogP contribution is -2.20. The van der Waals surface area contributed by atoms with Crippen LogP contribution in [-0.2, 0) is 19.1 Å². The molecule has 0 spiro atoms. The molecule has 2 atom stereocenters. The predicted octanol–water partition coefficient (Wildman–Crippen LogP) is 2.83. The summed E-state index contributed by atoms with van der Waals surface area (Å²) in [5.41, 5.74) is 2.68. The lowest BCUT2D eigenvalue weighted by Gasteiger charge is -2.23. The van der Waals surface area contributed by atoms with Crippen LogP contribution < -0.4 is 0 Å². The summed E-state index contributed by atoms with van der Waals surface area (Å²) in [7, 11) is 0. The van der Waals surface area contributed by atoms with Crippen molar-refractivity contribution in [2.75, 3.05) is 0 Å². The molecule has 2 rings (SSSR count). The molecule has 1 aliphatic heterocycles. The van der Waals surface area contributed by atoms with Crippen molar-refractivity contribution in [3.63, 3.8) is 0 Å². The molecule has 1 heterocycles. The second kappa shape index (κ2) is 5.49. The van der Waals surface area contributed by atoms with E-state index in [1.165, 1.54) is 6.26 Å². The Morgan fingerprint density at radius 2 is 2.10 bits per heavy atom. The van der Waals surface area contributed by atoms with Gasteiger partial charge in [-0.3, -0.25) is 4.79 Å². The molecule has 0 N–H and O–H groups in total. The van der Waals surface area contributed by atoms with Crippen molar-refractivity contribution in [3.8, 4) is 0 Å². The van der Waals surface area contributed by atoms with Gasteiger partial charge in [-0.15, -0.1) is 0 Å². The SMILES string of the molecule is C=C(C)[C@@H]1CC=C(C)C(=O)/C1=C/OC1C=C(C)C(=O)O1. The summed E-state index contributed by atoms with van der Waals surface area (Å²) in [5.74, 6) is -0.487. The van der Waals surface area contributed by atoms with Gasteiger partial charge in [-0.05, 0) is 32.8 Å². The van der Waals surface area contributed by atoms with Crippen molar-refractivity contribution in [2.24, 2.45) is 5.92 Å². The van der Waals surface area contributed by atoms with Crippen LogP contribution in [0.4, 0.5) is 0 Å². The van der Waals surface area contributed by atoms with E-state index in [1.807, 2.05) is 13.0 Å². The number of ketones is 1. The minimum absolute atomic E-state index is 0.0470. The van der Waals surface area contributed by atoms with Gasteiger partial charge < -0.3 is 9.47 Å². The fraction of sp³-hybridized carbons (Fsp3) is 0.375. The first-order valence-corrected chi connectivity index (χ1v) is 6.52. The number of carbonyl (C=O) groups excluding carboxylic acids is 2. The molecule has 2 aliphatic rings. The second-order valence-electron chi connectivity index (χ2n) is 5.18. The third kappa shape index (κ3) is 2.74. The summed E-state index contributed by atoms with van der Waals surface area (Å²) < 4.78 is 10.4. The molecule has 0 radical (unpaired) electrons. The molecule has 0 aromatic rings. The van der Waals surface area contributed by atoms with E-state index in [4.69, 9.17) is 9.47 Å². The van der Waals surface area contributed by atoms with Gasteiger partial charge in [-0.2, -0.15) is 0 Å². The Morgan fingerprint density at radius 3 is 2.65 bits per heavy atom. The van der Waals surface area contributed by atoms with Crippen molar-refractivity contribution in [3.05, 3.63) is 47.3 Å². The molecule has 0 amide bonds. The molecule has 0 aromatic carbocycles. The summed E-state index contributed by atoms with van der Waals surface area (Å²) in [4.78, 5) is 23.4. The number of ether oxygens (including phenoxy) is 2. The summed E-state index contributed by atoms with van der Waals surface area (Å²) in [5, 5.41) is 0. The van der Waals surface area contributed by atoms with Crippen molar-refractivity contribution < 1.29 is 19.1 Å². The Hall–Kier alpha value is -2.10. The fourth-order valence-corrected chi connectivity index (χ4v) is 2.21. The Morgan fingerprint density at radius 1 is 1.40 bits per heavy atom. The first-order chi connectivity index (χ1) is 9.40. The smallest absolute Gasteiger partial charge is 0.336 e. The number of carbonyl (C=O) groups is 2. The molecule has 20 heavy (non-hydrogen) atoms. The highest BCUT2D eigenvalue weighted by Crippen LogP contribution is 2.31. The van der Waals surface area contributed by atoms with E-state index in [9.17, 15) is 9.59 Å². The van der Waals surface area contributed by atoms with E-state index in [0.717, 1.165) is 12.0 Å². The summed E-state index contributed by atoms with van der Waals surface area (Å²) in [6.45, 7) is 9.25. The number of cyclic esters (lactones) is 1. The Labute approximate surface area is 118 Å². The van der Waals surface area contributed by atoms with Crippen LogP contribution in [0.5, 0.6) is 0 Å². The molecule has 0 saturated carbocycles. The second-order valence-corrected chi connectivity index (χ2v) is 5.18. The number of hydrogen-bond acceptors (Lipinski definition) is 4. The highest BCUT2D eigenvalue weighted by Gasteiger charge is 2.28. The number of allylic oxidation sites excluding steroid dienone is 4. The normalized spacial score (nSPS) is 28.1. The monoisotopic (exact) mass is 274 g/mol. The van der Waals surface area contributed by atoms with Crippen LogP contribution in [0, 0.1) is 5.92 Å². The molecule has 106 valence electrons. The van der Waals surface area contributed by atoms with E-state index in [1.54, 1.807) is 19.9 Å². The largest absolute Gasteiger partial charge is 0.458 e. The zero-order valence-electron chi connectivity index (χ0n) is 11.9. The van der Waals surface area contributed by atoms with E-state index < -0.39 is 12.3 Å². The fourth-order valence-electron chi connectivity index (χ4n) is 2.21. The topological polar surface area (TPSA) is 52.6 Å². The zero-order valence-corrected chi connectivity index (χ0v) is 11.9. The van der Waals surface area contributed by atoms with Crippen LogP contribution >= 0.6 is 0 Å². The van der Waals surface area contributed by atoms with Gasteiger partial charge in [-0.1, -0.05) is 18.2 Å². The van der Waals surface area contributed by atoms with Crippen molar-refractivity contribution in [1.29, 1.82) is 0 Å². The first-order valence-electron chi connectivity index (χ1n) is 6.52. The Kier molecular flexibility index (Phi) is 3.93. The van der Waals surface area contributed by atoms with Gasteiger partial charge in [0.05, 0.1) is 6.26 Å². The van der Waals surface area contributed by atoms with Crippen molar-refractivity contribution >= 4 is 11.8 Å². The molecule has 0 fully saturated rings. The number of Topliss-reactive ketones (excluding diaryl/α,β-unsaturated/α-hetero) is 1. The summed E-state index contributed by atoms with van der Waals surface area (Å²) in [6, 6.07) is 0. The van der Waals surface area contributed by atoms with Crippen LogP contribution in [0.15, 0.2) is 47.3 Å². The van der Waals surface area contributed by atoms with Crippen LogP contribution in [0.25, 0.3) is 0 Å². The predicted molar refractivity (Wildman–Crippen MR) is 74.5 cm³/mol. The van der Waals surface area contributed by atoms with Gasteiger partial charge in [0.1, 0.15) is 0 Å². The maximum Gasteiger partial charge on any atom is 0.336 e. The van der Waals surface area contributed by atoms with Gasteiger partial charge in [0.2, 0.25) is 0 Å². The molecular formula is C16H18O4. The lowest BCUT2D eigenvalue weighted by molar-refractivity contribution is -0.152. The van der Waals surface area contributed by atoms with Crippen molar-refractivity contribution in [1.82, 2.24) is 0 Å². The molecule has 4 heteroatoms. The molecule has 0 aromatic heterocycles. The maximum absolute atomic E-state index is 12.2. The molecular weight excluding hydrogens is 256 g/mol. The summed E-state index contributed by atoms with van der Waals surface area (Å²) >= 11 is 0. The Balaban J connectivity index is 2.18. The molecule has 0 bridgehead atoms. The first kappa shape index (κ1) is 14.3. The van der Waals surface area contributed by atoms with Gasteiger partial charge in [-0.25, -0.2) is 4.79 Å². The Bertz CT molecular complexity index is 563. The van der Waals surface area contributed by atoms with Crippen LogP contribution in [-0.4, -0.2) is 18.0 Å². The minimum atomic E-state index is -0.750. The molecule has 1 aliphatic carbocycles. The maximum atomic E-state index is 12.2. The number of hydrogen-bond donors (Lipinski definition) is 0. The minimum Gasteiger partial charge on any atom is -0.458 e. The highest BCUT2D eigenvalue weighted by molar-refractivity contribution is 6.09.